The lowest BCUT2D eigenvalue weighted by molar-refractivity contribution is -0.123. The zero-order chi connectivity index (χ0) is 22.5. The molecule has 0 bridgehead atoms. The van der Waals surface area contributed by atoms with Crippen LogP contribution in [0.5, 0.6) is 23.0 Å². The first kappa shape index (κ1) is 22.3. The van der Waals surface area contributed by atoms with Crippen LogP contribution < -0.4 is 24.3 Å². The summed E-state index contributed by atoms with van der Waals surface area (Å²) in [6.07, 6.45) is 0.743. The molecule has 2 aliphatic heterocycles. The molecule has 0 aliphatic carbocycles. The summed E-state index contributed by atoms with van der Waals surface area (Å²) in [5, 5.41) is 3.19. The second-order valence-electron chi connectivity index (χ2n) is 8.74. The van der Waals surface area contributed by atoms with Crippen LogP contribution in [0.1, 0.15) is 31.9 Å². The van der Waals surface area contributed by atoms with Crippen LogP contribution in [-0.4, -0.2) is 56.9 Å². The number of hydrogen-bond acceptors (Lipinski definition) is 6. The maximum atomic E-state index is 12.8. The second-order valence-corrected chi connectivity index (χ2v) is 8.74. The van der Waals surface area contributed by atoms with Gasteiger partial charge in [0.25, 0.3) is 0 Å². The number of carbonyl (C=O) groups is 1. The quantitative estimate of drug-likeness (QED) is 0.712. The Morgan fingerprint density at radius 1 is 1.03 bits per heavy atom. The highest BCUT2D eigenvalue weighted by molar-refractivity contribution is 5.78. The van der Waals surface area contributed by atoms with E-state index in [0.29, 0.717) is 26.4 Å². The fraction of sp³-hybridized carbons (Fsp3) is 0.480. The summed E-state index contributed by atoms with van der Waals surface area (Å²) in [5.74, 6) is 3.20. The number of hydrogen-bond donors (Lipinski definition) is 1. The van der Waals surface area contributed by atoms with Crippen molar-refractivity contribution in [3.05, 3.63) is 48.0 Å². The molecule has 32 heavy (non-hydrogen) atoms. The number of carbonyl (C=O) groups excluding carboxylic acids is 1. The van der Waals surface area contributed by atoms with Crippen molar-refractivity contribution in [2.24, 2.45) is 5.92 Å². The van der Waals surface area contributed by atoms with Crippen LogP contribution in [0.15, 0.2) is 42.5 Å². The minimum absolute atomic E-state index is 0.0320. The number of benzene rings is 2. The minimum Gasteiger partial charge on any atom is -0.490 e. The number of nitrogens with zero attached hydrogens (tertiary/aromatic N) is 1. The normalized spacial score (nSPS) is 18.2. The average molecular weight is 441 g/mol. The molecule has 2 heterocycles. The van der Waals surface area contributed by atoms with Gasteiger partial charge in [0, 0.05) is 13.0 Å². The number of nitrogens with one attached hydrogen (secondary N) is 1. The molecule has 0 unspecified atom stereocenters. The van der Waals surface area contributed by atoms with Gasteiger partial charge in [-0.05, 0) is 42.8 Å². The Labute approximate surface area is 189 Å². The monoisotopic (exact) mass is 440 g/mol. The number of amides is 1. The third kappa shape index (κ3) is 5.46. The van der Waals surface area contributed by atoms with E-state index in [2.05, 4.69) is 19.2 Å². The molecule has 0 saturated heterocycles. The SMILES string of the molecule is CC(C)[C@@H](NC(=O)CN(C)C[C@@H]1COc2ccccc2O1)c1ccc2c(c1)OCCCO2. The number of ether oxygens (including phenoxy) is 4. The number of para-hydroxylation sites is 2. The number of rotatable bonds is 7. The summed E-state index contributed by atoms with van der Waals surface area (Å²) in [5.41, 5.74) is 1.01. The zero-order valence-electron chi connectivity index (χ0n) is 19.0. The van der Waals surface area contributed by atoms with Gasteiger partial charge >= 0.3 is 0 Å². The fourth-order valence-electron chi connectivity index (χ4n) is 4.04. The zero-order valence-corrected chi connectivity index (χ0v) is 19.0. The van der Waals surface area contributed by atoms with Crippen LogP contribution in [0.4, 0.5) is 0 Å². The lowest BCUT2D eigenvalue weighted by atomic mass is 9.95. The van der Waals surface area contributed by atoms with Crippen LogP contribution in [0, 0.1) is 5.92 Å². The van der Waals surface area contributed by atoms with Crippen LogP contribution >= 0.6 is 0 Å². The van der Waals surface area contributed by atoms with E-state index in [1.54, 1.807) is 0 Å². The molecular formula is C25H32N2O5. The third-order valence-corrected chi connectivity index (χ3v) is 5.61. The predicted molar refractivity (Wildman–Crippen MR) is 122 cm³/mol. The van der Waals surface area contributed by atoms with Crippen LogP contribution in [0.3, 0.4) is 0 Å². The van der Waals surface area contributed by atoms with Gasteiger partial charge in [-0.15, -0.1) is 0 Å². The van der Waals surface area contributed by atoms with Crippen molar-refractivity contribution >= 4 is 5.91 Å². The molecule has 2 atom stereocenters. The second kappa shape index (κ2) is 10.1. The molecule has 0 spiro atoms. The summed E-state index contributed by atoms with van der Waals surface area (Å²) in [6.45, 7) is 6.83. The molecule has 0 fully saturated rings. The Balaban J connectivity index is 1.34. The smallest absolute Gasteiger partial charge is 0.234 e. The molecule has 0 aromatic heterocycles. The molecule has 0 saturated carbocycles. The van der Waals surface area contributed by atoms with Crippen molar-refractivity contribution in [2.75, 3.05) is 40.0 Å². The molecule has 2 aromatic carbocycles. The van der Waals surface area contributed by atoms with Crippen molar-refractivity contribution in [2.45, 2.75) is 32.4 Å². The molecule has 2 aromatic rings. The highest BCUT2D eigenvalue weighted by Gasteiger charge is 2.25. The highest BCUT2D eigenvalue weighted by atomic mass is 16.6. The third-order valence-electron chi connectivity index (χ3n) is 5.61. The van der Waals surface area contributed by atoms with E-state index in [4.69, 9.17) is 18.9 Å². The fourth-order valence-corrected chi connectivity index (χ4v) is 4.04. The van der Waals surface area contributed by atoms with Gasteiger partial charge in [0.15, 0.2) is 23.0 Å². The minimum atomic E-state index is -0.120. The Morgan fingerprint density at radius 3 is 2.53 bits per heavy atom. The first-order valence-corrected chi connectivity index (χ1v) is 11.3. The molecule has 2 aliphatic rings. The van der Waals surface area contributed by atoms with Crippen molar-refractivity contribution in [1.29, 1.82) is 0 Å². The molecule has 7 nitrogen and oxygen atoms in total. The van der Waals surface area contributed by atoms with E-state index >= 15 is 0 Å². The van der Waals surface area contributed by atoms with Gasteiger partial charge in [-0.1, -0.05) is 32.0 Å². The molecular weight excluding hydrogens is 408 g/mol. The first-order valence-electron chi connectivity index (χ1n) is 11.3. The maximum Gasteiger partial charge on any atom is 0.234 e. The van der Waals surface area contributed by atoms with Gasteiger partial charge in [-0.2, -0.15) is 0 Å². The summed E-state index contributed by atoms with van der Waals surface area (Å²) in [7, 11) is 1.92. The number of fused-ring (bicyclic) bond motifs is 2. The van der Waals surface area contributed by atoms with E-state index in [9.17, 15) is 4.79 Å². The topological polar surface area (TPSA) is 69.3 Å². The molecule has 4 rings (SSSR count). The van der Waals surface area contributed by atoms with E-state index in [1.807, 2.05) is 54.4 Å². The van der Waals surface area contributed by atoms with Crippen molar-refractivity contribution in [3.63, 3.8) is 0 Å². The molecule has 1 N–H and O–H groups in total. The summed E-state index contributed by atoms with van der Waals surface area (Å²) < 4.78 is 23.3. The first-order chi connectivity index (χ1) is 15.5. The lowest BCUT2D eigenvalue weighted by Gasteiger charge is -2.30. The Bertz CT molecular complexity index is 932. The van der Waals surface area contributed by atoms with Gasteiger partial charge in [-0.3, -0.25) is 9.69 Å². The van der Waals surface area contributed by atoms with Gasteiger partial charge in [0.05, 0.1) is 25.8 Å². The number of likely N-dealkylation sites (N-methyl/N-ethyl adjacent to an activating group) is 1. The maximum absolute atomic E-state index is 12.8. The molecule has 1 amide bonds. The molecule has 0 radical (unpaired) electrons. The van der Waals surface area contributed by atoms with Gasteiger partial charge in [-0.25, -0.2) is 0 Å². The Kier molecular flexibility index (Phi) is 7.05. The predicted octanol–water partition coefficient (Wildman–Crippen LogP) is 3.43. The van der Waals surface area contributed by atoms with E-state index in [-0.39, 0.29) is 30.5 Å². The van der Waals surface area contributed by atoms with E-state index < -0.39 is 0 Å². The molecule has 172 valence electrons. The largest absolute Gasteiger partial charge is 0.490 e. The summed E-state index contributed by atoms with van der Waals surface area (Å²) in [6, 6.07) is 13.5. The Hall–Kier alpha value is -2.93. The van der Waals surface area contributed by atoms with Crippen LogP contribution in [-0.2, 0) is 4.79 Å². The lowest BCUT2D eigenvalue weighted by Crippen LogP contribution is -2.44. The van der Waals surface area contributed by atoms with Crippen molar-refractivity contribution in [3.8, 4) is 23.0 Å². The average Bonchev–Trinajstić information content (AvgIpc) is 3.02. The van der Waals surface area contributed by atoms with Crippen LogP contribution in [0.2, 0.25) is 0 Å². The van der Waals surface area contributed by atoms with Gasteiger partial charge in [0.1, 0.15) is 12.7 Å². The highest BCUT2D eigenvalue weighted by Crippen LogP contribution is 2.34. The summed E-state index contributed by atoms with van der Waals surface area (Å²) >= 11 is 0. The van der Waals surface area contributed by atoms with Crippen LogP contribution in [0.25, 0.3) is 0 Å². The van der Waals surface area contributed by atoms with E-state index in [0.717, 1.165) is 35.0 Å². The van der Waals surface area contributed by atoms with Gasteiger partial charge in [0.2, 0.25) is 5.91 Å². The van der Waals surface area contributed by atoms with Crippen molar-refractivity contribution in [1.82, 2.24) is 10.2 Å². The standard InChI is InChI=1S/C25H32N2O5/c1-17(2)25(18-9-10-21-23(13-18)30-12-6-11-29-21)26-24(28)15-27(3)14-19-16-31-20-7-4-5-8-22(20)32-19/h4-5,7-10,13,17,19,25H,6,11-12,14-16H2,1-3H3,(H,26,28)/t19-,25-/m1/s1. The molecule has 7 heteroatoms. The summed E-state index contributed by atoms with van der Waals surface area (Å²) in [4.78, 5) is 14.8. The van der Waals surface area contributed by atoms with Crippen molar-refractivity contribution < 1.29 is 23.7 Å². The van der Waals surface area contributed by atoms with E-state index in [1.165, 1.54) is 0 Å². The van der Waals surface area contributed by atoms with Gasteiger partial charge < -0.3 is 24.3 Å². The Morgan fingerprint density at radius 2 is 1.75 bits per heavy atom.